The van der Waals surface area contributed by atoms with Crippen LogP contribution in [0, 0.1) is 5.92 Å². The van der Waals surface area contributed by atoms with Crippen molar-refractivity contribution in [2.24, 2.45) is 16.1 Å². The molecule has 1 fully saturated rings. The van der Waals surface area contributed by atoms with Crippen molar-refractivity contribution in [1.82, 2.24) is 4.90 Å². The van der Waals surface area contributed by atoms with Gasteiger partial charge in [0, 0.05) is 24.7 Å². The second kappa shape index (κ2) is 11.0. The molecule has 3 aromatic rings. The van der Waals surface area contributed by atoms with E-state index >= 15 is 0 Å². The summed E-state index contributed by atoms with van der Waals surface area (Å²) in [6.07, 6.45) is 9.47. The number of fused-ring (bicyclic) bond motifs is 2. The molecule has 1 saturated heterocycles. The number of furan rings is 1. The average Bonchev–Trinajstić information content (AvgIpc) is 3.47. The summed E-state index contributed by atoms with van der Waals surface area (Å²) in [5, 5.41) is 20.0. The van der Waals surface area contributed by atoms with Crippen molar-refractivity contribution in [3.8, 4) is 11.5 Å². The zero-order valence-electron chi connectivity index (χ0n) is 22.9. The van der Waals surface area contributed by atoms with Crippen LogP contribution >= 0.6 is 0 Å². The zero-order valence-corrected chi connectivity index (χ0v) is 22.9. The lowest BCUT2D eigenvalue weighted by Crippen LogP contribution is -2.41. The van der Waals surface area contributed by atoms with Crippen molar-refractivity contribution in [3.63, 3.8) is 0 Å². The smallest absolute Gasteiger partial charge is 0.410 e. The maximum atomic E-state index is 12.3. The number of amides is 1. The molecule has 8 heteroatoms. The summed E-state index contributed by atoms with van der Waals surface area (Å²) in [6, 6.07) is 11.3. The Morgan fingerprint density at radius 2 is 1.92 bits per heavy atom. The summed E-state index contributed by atoms with van der Waals surface area (Å²) in [5.74, 6) is 1.62. The number of piperidine rings is 1. The van der Waals surface area contributed by atoms with Gasteiger partial charge in [0.2, 0.25) is 0 Å². The Labute approximate surface area is 228 Å². The molecule has 0 unspecified atom stereocenters. The van der Waals surface area contributed by atoms with Gasteiger partial charge in [-0.1, -0.05) is 30.4 Å². The number of aromatic hydroxyl groups is 1. The summed E-state index contributed by atoms with van der Waals surface area (Å²) < 4.78 is 17.3. The molecule has 2 aliphatic heterocycles. The van der Waals surface area contributed by atoms with E-state index in [2.05, 4.69) is 16.3 Å². The van der Waals surface area contributed by atoms with E-state index in [1.807, 2.05) is 62.1 Å². The van der Waals surface area contributed by atoms with Crippen molar-refractivity contribution >= 4 is 40.6 Å². The van der Waals surface area contributed by atoms with Gasteiger partial charge >= 0.3 is 6.09 Å². The molecule has 1 amide bonds. The molecule has 0 spiro atoms. The number of hydrogen-bond donors (Lipinski definition) is 1. The number of hydrogen-bond acceptors (Lipinski definition) is 7. The Morgan fingerprint density at radius 1 is 1.15 bits per heavy atom. The van der Waals surface area contributed by atoms with Crippen LogP contribution in [0.15, 0.2) is 57.1 Å². The van der Waals surface area contributed by atoms with Gasteiger partial charge in [-0.3, -0.25) is 0 Å². The number of methoxy groups -OCH3 is 1. The summed E-state index contributed by atoms with van der Waals surface area (Å²) in [7, 11) is 1.62. The first kappa shape index (κ1) is 26.5. The van der Waals surface area contributed by atoms with Gasteiger partial charge in [0.1, 0.15) is 16.9 Å². The number of rotatable bonds is 6. The summed E-state index contributed by atoms with van der Waals surface area (Å²) in [5.41, 5.74) is 3.19. The molecule has 39 heavy (non-hydrogen) atoms. The van der Waals surface area contributed by atoms with Crippen LogP contribution in [0.2, 0.25) is 0 Å². The van der Waals surface area contributed by atoms with Crippen molar-refractivity contribution in [1.29, 1.82) is 0 Å². The predicted molar refractivity (Wildman–Crippen MR) is 152 cm³/mol. The molecule has 0 radical (unpaired) electrons. The molecule has 0 aliphatic carbocycles. The van der Waals surface area contributed by atoms with Gasteiger partial charge in [0.25, 0.3) is 0 Å². The van der Waals surface area contributed by atoms with E-state index in [4.69, 9.17) is 13.9 Å². The fraction of sp³-hybridized carbons (Fsp3) is 0.387. The average molecular weight is 530 g/mol. The molecule has 0 saturated carbocycles. The van der Waals surface area contributed by atoms with E-state index in [1.165, 1.54) is 0 Å². The van der Waals surface area contributed by atoms with Crippen molar-refractivity contribution in [3.05, 3.63) is 59.4 Å². The number of carbonyl (C=O) groups excluding carboxylic acids is 1. The van der Waals surface area contributed by atoms with Gasteiger partial charge in [0.15, 0.2) is 11.5 Å². The van der Waals surface area contributed by atoms with Gasteiger partial charge < -0.3 is 23.9 Å². The van der Waals surface area contributed by atoms with E-state index in [-0.39, 0.29) is 11.8 Å². The topological polar surface area (TPSA) is 96.9 Å². The predicted octanol–water partition coefficient (Wildman–Crippen LogP) is 8.18. The van der Waals surface area contributed by atoms with Crippen molar-refractivity contribution in [2.75, 3.05) is 20.2 Å². The summed E-state index contributed by atoms with van der Waals surface area (Å²) in [4.78, 5) is 14.1. The van der Waals surface area contributed by atoms with E-state index in [0.29, 0.717) is 34.1 Å². The summed E-state index contributed by atoms with van der Waals surface area (Å²) >= 11 is 0. The molecule has 2 aliphatic rings. The highest BCUT2D eigenvalue weighted by Gasteiger charge is 2.26. The standard InChI is InChI=1S/C31H35N3O5/c1-31(2,3)39-30(36)34-17-15-20(16-18-34)9-5-6-11-22-26(37-4)14-13-23-28(35)27(38-29(22)23)19-25-21-10-7-8-12-24(21)32-33-25/h6-8,10-14,19-20,35H,5,9,15-18H2,1-4H3. The molecule has 3 heterocycles. The van der Waals surface area contributed by atoms with E-state index < -0.39 is 5.60 Å². The fourth-order valence-electron chi connectivity index (χ4n) is 5.04. The van der Waals surface area contributed by atoms with Gasteiger partial charge in [-0.15, -0.1) is 10.2 Å². The van der Waals surface area contributed by atoms with Crippen LogP contribution in [0.25, 0.3) is 28.8 Å². The maximum absolute atomic E-state index is 12.3. The number of allylic oxidation sites excluding steroid dienone is 1. The summed E-state index contributed by atoms with van der Waals surface area (Å²) in [6.45, 7) is 7.13. The number of benzene rings is 2. The van der Waals surface area contributed by atoms with E-state index in [9.17, 15) is 9.90 Å². The Bertz CT molecular complexity index is 1450. The Kier molecular flexibility index (Phi) is 7.46. The monoisotopic (exact) mass is 529 g/mol. The molecule has 1 aromatic heterocycles. The van der Waals surface area contributed by atoms with Gasteiger partial charge in [-0.2, -0.15) is 0 Å². The lowest BCUT2D eigenvalue weighted by molar-refractivity contribution is 0.0181. The van der Waals surface area contributed by atoms with Crippen LogP contribution in [-0.2, 0) is 4.74 Å². The van der Waals surface area contributed by atoms with Crippen LogP contribution < -0.4 is 4.74 Å². The normalized spacial score (nSPS) is 16.9. The Hall–Kier alpha value is -4.07. The highest BCUT2D eigenvalue weighted by atomic mass is 16.6. The first-order valence-electron chi connectivity index (χ1n) is 13.4. The third-order valence-electron chi connectivity index (χ3n) is 7.08. The van der Waals surface area contributed by atoms with Crippen LogP contribution in [0.4, 0.5) is 10.5 Å². The minimum absolute atomic E-state index is 0.0612. The first-order valence-corrected chi connectivity index (χ1v) is 13.4. The SMILES string of the molecule is COc1ccc2c(O)c(C=C3N=Nc4ccccc43)oc2c1C=CCCC1CCN(C(=O)OC(C)(C)C)CC1. The number of azo groups is 1. The molecule has 204 valence electrons. The minimum atomic E-state index is -0.474. The molecule has 1 N–H and O–H groups in total. The quantitative estimate of drug-likeness (QED) is 0.347. The molecule has 0 bridgehead atoms. The second-order valence-corrected chi connectivity index (χ2v) is 11.0. The molecule has 0 atom stereocenters. The third-order valence-corrected chi connectivity index (χ3v) is 7.08. The largest absolute Gasteiger partial charge is 0.504 e. The van der Waals surface area contributed by atoms with Crippen LogP contribution in [0.3, 0.4) is 0 Å². The van der Waals surface area contributed by atoms with E-state index in [0.717, 1.165) is 55.6 Å². The Balaban J connectivity index is 1.27. The van der Waals surface area contributed by atoms with Gasteiger partial charge in [-0.05, 0) is 70.6 Å². The fourth-order valence-corrected chi connectivity index (χ4v) is 5.04. The maximum Gasteiger partial charge on any atom is 0.410 e. The number of likely N-dealkylation sites (tertiary alicyclic amines) is 1. The first-order chi connectivity index (χ1) is 18.7. The molecule has 5 rings (SSSR count). The highest BCUT2D eigenvalue weighted by molar-refractivity contribution is 5.97. The van der Waals surface area contributed by atoms with Gasteiger partial charge in [-0.25, -0.2) is 4.79 Å². The van der Waals surface area contributed by atoms with E-state index in [1.54, 1.807) is 19.3 Å². The third kappa shape index (κ3) is 5.85. The lowest BCUT2D eigenvalue weighted by atomic mass is 9.92. The van der Waals surface area contributed by atoms with Crippen LogP contribution in [0.1, 0.15) is 63.3 Å². The minimum Gasteiger partial charge on any atom is -0.504 e. The van der Waals surface area contributed by atoms with Crippen molar-refractivity contribution in [2.45, 2.75) is 52.1 Å². The zero-order chi connectivity index (χ0) is 27.6. The number of carbonyl (C=O) groups is 1. The molecule has 8 nitrogen and oxygen atoms in total. The highest BCUT2D eigenvalue weighted by Crippen LogP contribution is 2.42. The molecule has 2 aromatic carbocycles. The van der Waals surface area contributed by atoms with Crippen molar-refractivity contribution < 1.29 is 23.8 Å². The lowest BCUT2D eigenvalue weighted by Gasteiger charge is -2.33. The van der Waals surface area contributed by atoms with Crippen LogP contribution in [0.5, 0.6) is 11.5 Å². The number of nitrogens with zero attached hydrogens (tertiary/aromatic N) is 3. The molecular weight excluding hydrogens is 494 g/mol. The van der Waals surface area contributed by atoms with Gasteiger partial charge in [0.05, 0.1) is 29.4 Å². The second-order valence-electron chi connectivity index (χ2n) is 11.0. The Morgan fingerprint density at radius 3 is 2.67 bits per heavy atom. The number of ether oxygens (including phenoxy) is 2. The molecular formula is C31H35N3O5. The van der Waals surface area contributed by atoms with Crippen LogP contribution in [-0.4, -0.2) is 41.9 Å².